The molecule has 0 aromatic heterocycles. The minimum atomic E-state index is 0. The van der Waals surface area contributed by atoms with Crippen LogP contribution < -0.4 is 0 Å². The van der Waals surface area contributed by atoms with E-state index in [9.17, 15) is 0 Å². The Bertz CT molecular complexity index is 6.85. The third-order valence-electron chi connectivity index (χ3n) is 0. The Hall–Kier alpha value is 2.04. The molecular weight excluding hydrogens is 203 g/mol. The summed E-state index contributed by atoms with van der Waals surface area (Å²) in [6, 6.07) is 0. The van der Waals surface area contributed by atoms with Gasteiger partial charge in [0.15, 0.2) is 17.4 Å². The molecule has 5 heavy (non-hydrogen) atoms. The van der Waals surface area contributed by atoms with Gasteiger partial charge in [0, 0.05) is 0 Å². The Morgan fingerprint density at radius 1 is 0.600 bits per heavy atom. The van der Waals surface area contributed by atoms with Crippen molar-refractivity contribution in [2.45, 2.75) is 0 Å². The molecule has 36 valence electrons. The number of rotatable bonds is 0. The standard InChI is InChI=1S/Al.3ClH.Ga.6H/h;3*1H;;;;;;;. The van der Waals surface area contributed by atoms with Crippen molar-refractivity contribution in [3.8, 4) is 0 Å². The maximum atomic E-state index is 0. The van der Waals surface area contributed by atoms with Gasteiger partial charge in [-0.3, -0.25) is 0 Å². The van der Waals surface area contributed by atoms with Crippen molar-refractivity contribution < 1.29 is 0 Å². The number of halogens is 3. The van der Waals surface area contributed by atoms with Gasteiger partial charge in [0.2, 0.25) is 0 Å². The zero-order chi connectivity index (χ0) is 0. The van der Waals surface area contributed by atoms with E-state index < -0.39 is 0 Å². The summed E-state index contributed by atoms with van der Waals surface area (Å²) in [5, 5.41) is 0. The van der Waals surface area contributed by atoms with E-state index in [0.29, 0.717) is 0 Å². The summed E-state index contributed by atoms with van der Waals surface area (Å²) in [5.74, 6) is 0. The molecule has 0 unspecified atom stereocenters. The molecule has 0 N–H and O–H groups in total. The van der Waals surface area contributed by atoms with Crippen molar-refractivity contribution in [2.24, 2.45) is 0 Å². The van der Waals surface area contributed by atoms with E-state index in [1.165, 1.54) is 0 Å². The van der Waals surface area contributed by atoms with Crippen molar-refractivity contribution in [1.29, 1.82) is 0 Å². The molecule has 0 aliphatic heterocycles. The van der Waals surface area contributed by atoms with Crippen LogP contribution in [0.3, 0.4) is 0 Å². The van der Waals surface area contributed by atoms with Crippen LogP contribution in [0.25, 0.3) is 0 Å². The van der Waals surface area contributed by atoms with Gasteiger partial charge in [0.25, 0.3) is 0 Å². The van der Waals surface area contributed by atoms with Crippen molar-refractivity contribution in [1.82, 2.24) is 0 Å². The average molecular weight is 212 g/mol. The molecular formula is H9AlCl3Ga. The van der Waals surface area contributed by atoms with Crippen LogP contribution in [0.15, 0.2) is 0 Å². The molecule has 0 aromatic rings. The zero-order valence-corrected chi connectivity index (χ0v) is 3.67. The van der Waals surface area contributed by atoms with E-state index in [1.807, 2.05) is 0 Å². The van der Waals surface area contributed by atoms with Gasteiger partial charge in [0.05, 0.1) is 0 Å². The van der Waals surface area contributed by atoms with Crippen molar-refractivity contribution in [2.75, 3.05) is 0 Å². The first kappa shape index (κ1) is 61.8. The predicted molar refractivity (Wildman–Crippen MR) is 41.6 cm³/mol. The Balaban J connectivity index is 0. The topological polar surface area (TPSA) is 0 Å². The van der Waals surface area contributed by atoms with E-state index >= 15 is 0 Å². The second kappa shape index (κ2) is 36.9. The molecule has 0 fully saturated rings. The van der Waals surface area contributed by atoms with Gasteiger partial charge in [0.1, 0.15) is 0 Å². The molecule has 0 aliphatic rings. The summed E-state index contributed by atoms with van der Waals surface area (Å²) in [5.41, 5.74) is 0. The van der Waals surface area contributed by atoms with Crippen molar-refractivity contribution in [3.05, 3.63) is 0 Å². The summed E-state index contributed by atoms with van der Waals surface area (Å²) in [6.45, 7) is 0. The fourth-order valence-electron chi connectivity index (χ4n) is 0. The summed E-state index contributed by atoms with van der Waals surface area (Å²) >= 11 is 0. The first-order valence-corrected chi connectivity index (χ1v) is 0. The second-order valence-electron chi connectivity index (χ2n) is 0. The van der Waals surface area contributed by atoms with Crippen LogP contribution in [0.5, 0.6) is 0 Å². The van der Waals surface area contributed by atoms with Crippen molar-refractivity contribution in [3.63, 3.8) is 0 Å². The Morgan fingerprint density at radius 3 is 0.600 bits per heavy atom. The Kier molecular flexibility index (Phi) is 456. The van der Waals surface area contributed by atoms with Gasteiger partial charge in [-0.25, -0.2) is 0 Å². The SMILES string of the molecule is Cl.Cl.Cl.[AlH3].[GaH3]. The van der Waals surface area contributed by atoms with Crippen LogP contribution in [-0.2, 0) is 0 Å². The molecule has 0 saturated carbocycles. The molecule has 0 saturated heterocycles. The van der Waals surface area contributed by atoms with Gasteiger partial charge in [-0.05, 0) is 0 Å². The molecule has 0 aliphatic carbocycles. The van der Waals surface area contributed by atoms with Gasteiger partial charge in [-0.15, -0.1) is 37.2 Å². The fraction of sp³-hybridized carbons (Fsp3) is 0. The van der Waals surface area contributed by atoms with E-state index in [1.54, 1.807) is 0 Å². The van der Waals surface area contributed by atoms with E-state index in [2.05, 4.69) is 0 Å². The molecule has 0 spiro atoms. The summed E-state index contributed by atoms with van der Waals surface area (Å²) in [6.07, 6.45) is 0. The Morgan fingerprint density at radius 2 is 0.600 bits per heavy atom. The van der Waals surface area contributed by atoms with Crippen LogP contribution in [-0.4, -0.2) is 37.2 Å². The van der Waals surface area contributed by atoms with Gasteiger partial charge >= 0.3 is 19.8 Å². The normalized spacial score (nSPS) is 0. The molecule has 0 rings (SSSR count). The third-order valence-corrected chi connectivity index (χ3v) is 0. The molecule has 5 heteroatoms. The molecule has 0 amide bonds. The quantitative estimate of drug-likeness (QED) is 0.447. The average Bonchev–Trinajstić information content (AvgIpc) is 0. The number of hydrogen-bond donors (Lipinski definition) is 0. The fourth-order valence-corrected chi connectivity index (χ4v) is 0. The predicted octanol–water partition coefficient (Wildman–Crippen LogP) is -1.10. The van der Waals surface area contributed by atoms with E-state index in [0.717, 1.165) is 0 Å². The molecule has 0 aromatic carbocycles. The minimum absolute atomic E-state index is 0. The van der Waals surface area contributed by atoms with Crippen LogP contribution in [0.4, 0.5) is 0 Å². The first-order valence-electron chi connectivity index (χ1n) is 0. The van der Waals surface area contributed by atoms with Crippen LogP contribution in [0, 0.1) is 0 Å². The maximum absolute atomic E-state index is 0. The van der Waals surface area contributed by atoms with Crippen LogP contribution in [0.1, 0.15) is 0 Å². The van der Waals surface area contributed by atoms with Crippen LogP contribution in [0.2, 0.25) is 0 Å². The molecule has 0 atom stereocenters. The summed E-state index contributed by atoms with van der Waals surface area (Å²) < 4.78 is 0. The monoisotopic (exact) mass is 210 g/mol. The summed E-state index contributed by atoms with van der Waals surface area (Å²) in [7, 11) is 0. The summed E-state index contributed by atoms with van der Waals surface area (Å²) in [4.78, 5) is 0. The molecule has 0 nitrogen and oxygen atoms in total. The number of hydrogen-bond acceptors (Lipinski definition) is 0. The van der Waals surface area contributed by atoms with Gasteiger partial charge in [-0.2, -0.15) is 0 Å². The van der Waals surface area contributed by atoms with Crippen LogP contribution >= 0.6 is 37.2 Å². The second-order valence-corrected chi connectivity index (χ2v) is 0. The van der Waals surface area contributed by atoms with Gasteiger partial charge < -0.3 is 0 Å². The third kappa shape index (κ3) is 23.7. The molecule has 0 radical (unpaired) electrons. The van der Waals surface area contributed by atoms with Gasteiger partial charge in [-0.1, -0.05) is 0 Å². The van der Waals surface area contributed by atoms with E-state index in [-0.39, 0.29) is 74.4 Å². The molecule has 0 heterocycles. The zero-order valence-electron chi connectivity index (χ0n) is 1.22. The van der Waals surface area contributed by atoms with Crippen molar-refractivity contribution >= 4 is 74.4 Å². The molecule has 0 bridgehead atoms. The Labute approximate surface area is 73.9 Å². The van der Waals surface area contributed by atoms with E-state index in [4.69, 9.17) is 0 Å². The first-order chi connectivity index (χ1) is 0.